The number of allylic oxidation sites excluding steroid dienone is 10. The minimum Gasteiger partial charge on any atom is -0.457 e. The van der Waals surface area contributed by atoms with Crippen molar-refractivity contribution < 1.29 is 4.74 Å². The van der Waals surface area contributed by atoms with E-state index in [0.29, 0.717) is 0 Å². The minimum atomic E-state index is 0.819. The number of ether oxygens (including phenoxy) is 1. The number of rotatable bonds is 6. The van der Waals surface area contributed by atoms with Crippen molar-refractivity contribution in [1.82, 2.24) is 0 Å². The van der Waals surface area contributed by atoms with E-state index in [2.05, 4.69) is 0 Å². The van der Waals surface area contributed by atoms with Gasteiger partial charge in [-0.15, -0.1) is 0 Å². The van der Waals surface area contributed by atoms with Crippen molar-refractivity contribution in [2.45, 2.75) is 27.7 Å². The summed E-state index contributed by atoms with van der Waals surface area (Å²) in [6.07, 6.45) is 19.5. The van der Waals surface area contributed by atoms with Crippen LogP contribution in [0.4, 0.5) is 0 Å². The molecular weight excluding hydrogens is 208 g/mol. The monoisotopic (exact) mass is 230 g/mol. The van der Waals surface area contributed by atoms with Gasteiger partial charge in [0.25, 0.3) is 0 Å². The third kappa shape index (κ3) is 8.09. The molecule has 0 atom stereocenters. The summed E-state index contributed by atoms with van der Waals surface area (Å²) in [6.45, 7) is 7.90. The highest BCUT2D eigenvalue weighted by atomic mass is 16.5. The topological polar surface area (TPSA) is 9.23 Å². The van der Waals surface area contributed by atoms with E-state index in [1.165, 1.54) is 0 Å². The van der Waals surface area contributed by atoms with Gasteiger partial charge in [-0.2, -0.15) is 0 Å². The second-order valence-corrected chi connectivity index (χ2v) is 3.29. The predicted molar refractivity (Wildman–Crippen MR) is 76.5 cm³/mol. The maximum Gasteiger partial charge on any atom is 0.127 e. The second-order valence-electron chi connectivity index (χ2n) is 3.29. The van der Waals surface area contributed by atoms with Gasteiger partial charge in [0.1, 0.15) is 11.5 Å². The zero-order valence-electron chi connectivity index (χ0n) is 11.2. The molecule has 17 heavy (non-hydrogen) atoms. The molecule has 92 valence electrons. The Balaban J connectivity index is 4.92. The van der Waals surface area contributed by atoms with Crippen LogP contribution < -0.4 is 0 Å². The molecule has 0 aromatic rings. The van der Waals surface area contributed by atoms with Gasteiger partial charge in [0, 0.05) is 0 Å². The molecule has 1 nitrogen and oxygen atoms in total. The molecule has 0 unspecified atom stereocenters. The molecule has 0 aliphatic rings. The summed E-state index contributed by atoms with van der Waals surface area (Å²) >= 11 is 0. The van der Waals surface area contributed by atoms with E-state index in [1.54, 1.807) is 0 Å². The lowest BCUT2D eigenvalue weighted by atomic mass is 10.3. The molecule has 0 aliphatic heterocycles. The van der Waals surface area contributed by atoms with Gasteiger partial charge in [-0.3, -0.25) is 0 Å². The number of hydrogen-bond acceptors (Lipinski definition) is 1. The Morgan fingerprint density at radius 2 is 1.06 bits per heavy atom. The lowest BCUT2D eigenvalue weighted by Gasteiger charge is -2.06. The first-order valence-corrected chi connectivity index (χ1v) is 5.87. The van der Waals surface area contributed by atoms with Crippen LogP contribution in [0.1, 0.15) is 27.7 Å². The maximum absolute atomic E-state index is 5.78. The molecule has 1 heteroatoms. The molecule has 0 aromatic heterocycles. The molecule has 0 radical (unpaired) electrons. The molecule has 0 rings (SSSR count). The van der Waals surface area contributed by atoms with Crippen LogP contribution in [0.25, 0.3) is 0 Å². The Bertz CT molecular complexity index is 327. The lowest BCUT2D eigenvalue weighted by molar-refractivity contribution is 0.336. The highest BCUT2D eigenvalue weighted by Crippen LogP contribution is 2.10. The van der Waals surface area contributed by atoms with E-state index in [0.717, 1.165) is 11.5 Å². The summed E-state index contributed by atoms with van der Waals surface area (Å²) in [6, 6.07) is 0. The van der Waals surface area contributed by atoms with Crippen molar-refractivity contribution in [3.05, 3.63) is 72.3 Å². The highest BCUT2D eigenvalue weighted by molar-refractivity contribution is 5.25. The third-order valence-corrected chi connectivity index (χ3v) is 1.80. The standard InChI is InChI=1S/C16H22O/c1-5-9-13-15(11-7-3)17-16(12-8-4)14-10-6-2/h5-14H,1-4H3/b9-5+,10-6+,11-7-,12-8-,15-13+,16-14+. The fourth-order valence-corrected chi connectivity index (χ4v) is 1.09. The van der Waals surface area contributed by atoms with Crippen molar-refractivity contribution in [2.24, 2.45) is 0 Å². The molecule has 0 aliphatic carbocycles. The zero-order valence-corrected chi connectivity index (χ0v) is 11.2. The fourth-order valence-electron chi connectivity index (χ4n) is 1.09. The molecule has 0 saturated carbocycles. The lowest BCUT2D eigenvalue weighted by Crippen LogP contribution is -1.88. The molecule has 0 saturated heterocycles. The van der Waals surface area contributed by atoms with Crippen molar-refractivity contribution in [3.8, 4) is 0 Å². The molecule has 0 N–H and O–H groups in total. The van der Waals surface area contributed by atoms with Crippen molar-refractivity contribution in [2.75, 3.05) is 0 Å². The maximum atomic E-state index is 5.78. The van der Waals surface area contributed by atoms with E-state index in [4.69, 9.17) is 4.74 Å². The first-order valence-electron chi connectivity index (χ1n) is 5.87. The van der Waals surface area contributed by atoms with E-state index in [9.17, 15) is 0 Å². The van der Waals surface area contributed by atoms with Crippen molar-refractivity contribution in [1.29, 1.82) is 0 Å². The van der Waals surface area contributed by atoms with Gasteiger partial charge in [-0.1, -0.05) is 36.5 Å². The Hall–Kier alpha value is -1.76. The van der Waals surface area contributed by atoms with Crippen LogP contribution in [0.15, 0.2) is 72.3 Å². The van der Waals surface area contributed by atoms with Crippen LogP contribution in [-0.4, -0.2) is 0 Å². The van der Waals surface area contributed by atoms with Gasteiger partial charge >= 0.3 is 0 Å². The first kappa shape index (κ1) is 15.2. The Kier molecular flexibility index (Phi) is 9.64. The third-order valence-electron chi connectivity index (χ3n) is 1.80. The van der Waals surface area contributed by atoms with Crippen molar-refractivity contribution >= 4 is 0 Å². The summed E-state index contributed by atoms with van der Waals surface area (Å²) in [5, 5.41) is 0. The van der Waals surface area contributed by atoms with Crippen LogP contribution in [0, 0.1) is 0 Å². The molecular formula is C16H22O. The summed E-state index contributed by atoms with van der Waals surface area (Å²) < 4.78 is 5.78. The van der Waals surface area contributed by atoms with Gasteiger partial charge in [0.05, 0.1) is 0 Å². The van der Waals surface area contributed by atoms with E-state index >= 15 is 0 Å². The SMILES string of the molecule is C\C=C/C(=C\C=C\C)OC(/C=C\C)=C/C=C/C. The molecule has 0 aromatic carbocycles. The van der Waals surface area contributed by atoms with Crippen LogP contribution in [0.2, 0.25) is 0 Å². The molecule has 0 spiro atoms. The second kappa shape index (κ2) is 10.7. The van der Waals surface area contributed by atoms with E-state index in [-0.39, 0.29) is 0 Å². The van der Waals surface area contributed by atoms with Gasteiger partial charge in [-0.25, -0.2) is 0 Å². The van der Waals surface area contributed by atoms with Crippen LogP contribution in [0.3, 0.4) is 0 Å². The van der Waals surface area contributed by atoms with Crippen LogP contribution in [0.5, 0.6) is 0 Å². The van der Waals surface area contributed by atoms with Gasteiger partial charge in [0.15, 0.2) is 0 Å². The zero-order chi connectivity index (χ0) is 12.9. The highest BCUT2D eigenvalue weighted by Gasteiger charge is 1.95. The van der Waals surface area contributed by atoms with Gasteiger partial charge in [0.2, 0.25) is 0 Å². The smallest absolute Gasteiger partial charge is 0.127 e. The molecule has 0 heterocycles. The Morgan fingerprint density at radius 3 is 1.35 bits per heavy atom. The van der Waals surface area contributed by atoms with Crippen LogP contribution >= 0.6 is 0 Å². The molecule has 0 bridgehead atoms. The van der Waals surface area contributed by atoms with Gasteiger partial charge < -0.3 is 4.74 Å². The summed E-state index contributed by atoms with van der Waals surface area (Å²) in [5.74, 6) is 1.64. The van der Waals surface area contributed by atoms with Crippen LogP contribution in [-0.2, 0) is 4.74 Å². The summed E-state index contributed by atoms with van der Waals surface area (Å²) in [4.78, 5) is 0. The molecule has 0 fully saturated rings. The largest absolute Gasteiger partial charge is 0.457 e. The Morgan fingerprint density at radius 1 is 0.647 bits per heavy atom. The number of hydrogen-bond donors (Lipinski definition) is 0. The minimum absolute atomic E-state index is 0.819. The predicted octanol–water partition coefficient (Wildman–Crippen LogP) is 5.08. The van der Waals surface area contributed by atoms with E-state index in [1.807, 2.05) is 88.5 Å². The quantitative estimate of drug-likeness (QED) is 0.457. The summed E-state index contributed by atoms with van der Waals surface area (Å²) in [7, 11) is 0. The molecule has 0 amide bonds. The summed E-state index contributed by atoms with van der Waals surface area (Å²) in [5.41, 5.74) is 0. The first-order chi connectivity index (χ1) is 8.28. The van der Waals surface area contributed by atoms with Gasteiger partial charge in [-0.05, 0) is 52.0 Å². The Labute approximate surface area is 105 Å². The average molecular weight is 230 g/mol. The van der Waals surface area contributed by atoms with Crippen molar-refractivity contribution in [3.63, 3.8) is 0 Å². The van der Waals surface area contributed by atoms with E-state index < -0.39 is 0 Å². The normalized spacial score (nSPS) is 14.8. The fraction of sp³-hybridized carbons (Fsp3) is 0.250. The average Bonchev–Trinajstić information content (AvgIpc) is 2.33.